The van der Waals surface area contributed by atoms with Crippen molar-refractivity contribution >= 4 is 34.8 Å². The fourth-order valence-electron chi connectivity index (χ4n) is 2.88. The Kier molecular flexibility index (Phi) is 4.58. The van der Waals surface area contributed by atoms with Gasteiger partial charge in [-0.15, -0.1) is 0 Å². The molecule has 0 saturated carbocycles. The van der Waals surface area contributed by atoms with Crippen LogP contribution in [-0.2, 0) is 9.59 Å². The number of benzene rings is 2. The van der Waals surface area contributed by atoms with Crippen LogP contribution in [-0.4, -0.2) is 18.4 Å². The molecule has 1 aliphatic rings. The van der Waals surface area contributed by atoms with Crippen molar-refractivity contribution in [3.05, 3.63) is 58.6 Å². The van der Waals surface area contributed by atoms with Crippen molar-refractivity contribution in [3.8, 4) is 0 Å². The predicted octanol–water partition coefficient (Wildman–Crippen LogP) is 3.95. The molecular weight excluding hydrogens is 324 g/mol. The second-order valence-electron chi connectivity index (χ2n) is 6.12. The zero-order valence-corrected chi connectivity index (χ0v) is 14.4. The van der Waals surface area contributed by atoms with Crippen molar-refractivity contribution in [2.75, 3.05) is 16.8 Å². The first-order valence-corrected chi connectivity index (χ1v) is 8.28. The van der Waals surface area contributed by atoms with E-state index in [0.717, 1.165) is 16.8 Å². The summed E-state index contributed by atoms with van der Waals surface area (Å²) in [5.41, 5.74) is 3.47. The van der Waals surface area contributed by atoms with Crippen molar-refractivity contribution in [2.24, 2.45) is 5.92 Å². The lowest BCUT2D eigenvalue weighted by molar-refractivity contribution is -0.129. The Morgan fingerprint density at radius 1 is 1.21 bits per heavy atom. The number of amides is 2. The summed E-state index contributed by atoms with van der Waals surface area (Å²) in [4.78, 5) is 26.7. The van der Waals surface area contributed by atoms with E-state index in [9.17, 15) is 9.59 Å². The standard InChI is InChI=1S/C19H19ClN2O2/c1-12-4-3-5-14(10-12)21-18(23)16-8-9-22(19(16)24)15-7-6-13(2)17(20)11-15/h3-7,10-11,16H,8-9H2,1-2H3,(H,21,23)/t16-/m0/s1. The average molecular weight is 343 g/mol. The number of rotatable bonds is 3. The Hall–Kier alpha value is -2.33. The number of hydrogen-bond acceptors (Lipinski definition) is 2. The van der Waals surface area contributed by atoms with Crippen LogP contribution < -0.4 is 10.2 Å². The van der Waals surface area contributed by atoms with Gasteiger partial charge in [0.2, 0.25) is 11.8 Å². The quantitative estimate of drug-likeness (QED) is 0.859. The molecule has 1 N–H and O–H groups in total. The summed E-state index contributed by atoms with van der Waals surface area (Å²) in [6.07, 6.45) is 0.502. The van der Waals surface area contributed by atoms with Crippen molar-refractivity contribution < 1.29 is 9.59 Å². The van der Waals surface area contributed by atoms with Gasteiger partial charge in [0, 0.05) is 22.9 Å². The maximum atomic E-state index is 12.6. The normalized spacial score (nSPS) is 17.2. The number of hydrogen-bond donors (Lipinski definition) is 1. The zero-order chi connectivity index (χ0) is 17.3. The minimum Gasteiger partial charge on any atom is -0.325 e. The molecular formula is C19H19ClN2O2. The highest BCUT2D eigenvalue weighted by Crippen LogP contribution is 2.29. The molecule has 1 aliphatic heterocycles. The van der Waals surface area contributed by atoms with Crippen LogP contribution in [0.25, 0.3) is 0 Å². The number of carbonyl (C=O) groups excluding carboxylic acids is 2. The first-order valence-electron chi connectivity index (χ1n) is 7.91. The zero-order valence-electron chi connectivity index (χ0n) is 13.7. The topological polar surface area (TPSA) is 49.4 Å². The SMILES string of the molecule is Cc1cccc(NC(=O)[C@@H]2CCN(c3ccc(C)c(Cl)c3)C2=O)c1. The maximum Gasteiger partial charge on any atom is 0.239 e. The molecule has 2 aromatic carbocycles. The van der Waals surface area contributed by atoms with E-state index in [1.807, 2.05) is 50.2 Å². The lowest BCUT2D eigenvalue weighted by atomic mass is 10.1. The van der Waals surface area contributed by atoms with Gasteiger partial charge in [-0.1, -0.05) is 29.8 Å². The summed E-state index contributed by atoms with van der Waals surface area (Å²) in [6.45, 7) is 4.39. The third kappa shape index (κ3) is 3.29. The van der Waals surface area contributed by atoms with E-state index in [0.29, 0.717) is 23.7 Å². The maximum absolute atomic E-state index is 12.6. The van der Waals surface area contributed by atoms with Gasteiger partial charge in [0.05, 0.1) is 0 Å². The van der Waals surface area contributed by atoms with Gasteiger partial charge < -0.3 is 10.2 Å². The Morgan fingerprint density at radius 3 is 2.71 bits per heavy atom. The van der Waals surface area contributed by atoms with Gasteiger partial charge in [0.1, 0.15) is 5.92 Å². The van der Waals surface area contributed by atoms with E-state index in [-0.39, 0.29) is 11.8 Å². The van der Waals surface area contributed by atoms with Crippen molar-refractivity contribution in [1.82, 2.24) is 0 Å². The van der Waals surface area contributed by atoms with Gasteiger partial charge in [-0.25, -0.2) is 0 Å². The summed E-state index contributed by atoms with van der Waals surface area (Å²) >= 11 is 6.14. The van der Waals surface area contributed by atoms with Crippen molar-refractivity contribution in [3.63, 3.8) is 0 Å². The number of carbonyl (C=O) groups is 2. The minimum absolute atomic E-state index is 0.180. The Bertz CT molecular complexity index is 804. The molecule has 24 heavy (non-hydrogen) atoms. The van der Waals surface area contributed by atoms with Crippen LogP contribution >= 0.6 is 11.6 Å². The van der Waals surface area contributed by atoms with Gasteiger partial charge in [0.15, 0.2) is 0 Å². The third-order valence-electron chi connectivity index (χ3n) is 4.27. The third-order valence-corrected chi connectivity index (χ3v) is 4.68. The second kappa shape index (κ2) is 6.65. The van der Waals surface area contributed by atoms with Gasteiger partial charge in [-0.05, 0) is 55.7 Å². The van der Waals surface area contributed by atoms with E-state index >= 15 is 0 Å². The molecule has 0 spiro atoms. The van der Waals surface area contributed by atoms with Crippen LogP contribution in [0.3, 0.4) is 0 Å². The molecule has 1 heterocycles. The summed E-state index contributed by atoms with van der Waals surface area (Å²) in [7, 11) is 0. The van der Waals surface area contributed by atoms with Crippen LogP contribution in [0.4, 0.5) is 11.4 Å². The number of halogens is 1. The lowest BCUT2D eigenvalue weighted by Crippen LogP contribution is -2.33. The molecule has 5 heteroatoms. The molecule has 2 amide bonds. The van der Waals surface area contributed by atoms with E-state index in [2.05, 4.69) is 5.32 Å². The Balaban J connectivity index is 1.73. The summed E-state index contributed by atoms with van der Waals surface area (Å²) < 4.78 is 0. The van der Waals surface area contributed by atoms with Crippen molar-refractivity contribution in [2.45, 2.75) is 20.3 Å². The Morgan fingerprint density at radius 2 is 2.00 bits per heavy atom. The summed E-state index contributed by atoms with van der Waals surface area (Å²) in [6, 6.07) is 13.1. The monoisotopic (exact) mass is 342 g/mol. The van der Waals surface area contributed by atoms with Gasteiger partial charge in [-0.3, -0.25) is 9.59 Å². The lowest BCUT2D eigenvalue weighted by Gasteiger charge is -2.17. The van der Waals surface area contributed by atoms with E-state index < -0.39 is 5.92 Å². The molecule has 0 bridgehead atoms. The van der Waals surface area contributed by atoms with Crippen LogP contribution in [0.5, 0.6) is 0 Å². The molecule has 124 valence electrons. The first-order chi connectivity index (χ1) is 11.5. The number of aryl methyl sites for hydroxylation is 2. The number of anilines is 2. The predicted molar refractivity (Wildman–Crippen MR) is 96.5 cm³/mol. The molecule has 1 saturated heterocycles. The summed E-state index contributed by atoms with van der Waals surface area (Å²) in [5, 5.41) is 3.45. The fourth-order valence-corrected chi connectivity index (χ4v) is 3.06. The summed E-state index contributed by atoms with van der Waals surface area (Å²) in [5.74, 6) is -1.10. The second-order valence-corrected chi connectivity index (χ2v) is 6.53. The Labute approximate surface area is 146 Å². The highest BCUT2D eigenvalue weighted by Gasteiger charge is 2.37. The highest BCUT2D eigenvalue weighted by molar-refractivity contribution is 6.31. The van der Waals surface area contributed by atoms with E-state index in [1.165, 1.54) is 0 Å². The molecule has 0 radical (unpaired) electrons. The molecule has 3 rings (SSSR count). The number of nitrogens with one attached hydrogen (secondary N) is 1. The van der Waals surface area contributed by atoms with Crippen LogP contribution in [0.15, 0.2) is 42.5 Å². The van der Waals surface area contributed by atoms with Gasteiger partial charge in [-0.2, -0.15) is 0 Å². The first kappa shape index (κ1) is 16.5. The molecule has 0 aliphatic carbocycles. The molecule has 4 nitrogen and oxygen atoms in total. The minimum atomic E-state index is -0.661. The van der Waals surface area contributed by atoms with Gasteiger partial charge in [0.25, 0.3) is 0 Å². The van der Waals surface area contributed by atoms with Crippen LogP contribution in [0.1, 0.15) is 17.5 Å². The largest absolute Gasteiger partial charge is 0.325 e. The van der Waals surface area contributed by atoms with E-state index in [1.54, 1.807) is 11.0 Å². The molecule has 2 aromatic rings. The number of nitrogens with zero attached hydrogens (tertiary/aromatic N) is 1. The van der Waals surface area contributed by atoms with Crippen LogP contribution in [0, 0.1) is 19.8 Å². The molecule has 0 unspecified atom stereocenters. The average Bonchev–Trinajstić information content (AvgIpc) is 2.92. The highest BCUT2D eigenvalue weighted by atomic mass is 35.5. The fraction of sp³-hybridized carbons (Fsp3) is 0.263. The van der Waals surface area contributed by atoms with Gasteiger partial charge >= 0.3 is 0 Å². The molecule has 0 aromatic heterocycles. The molecule has 1 atom stereocenters. The van der Waals surface area contributed by atoms with Crippen LogP contribution in [0.2, 0.25) is 5.02 Å². The molecule has 1 fully saturated rings. The van der Waals surface area contributed by atoms with E-state index in [4.69, 9.17) is 11.6 Å². The smallest absolute Gasteiger partial charge is 0.239 e. The van der Waals surface area contributed by atoms with Crippen molar-refractivity contribution in [1.29, 1.82) is 0 Å².